The Hall–Kier alpha value is -1.52. The molecule has 2 aliphatic rings. The SMILES string of the molecule is C=C[C@@H]1C[C@@]12COC(=O)N2C(=O)OC(C)(C)C. The molecular formula is C12H17NO4. The Morgan fingerprint density at radius 3 is 2.76 bits per heavy atom. The van der Waals surface area contributed by atoms with E-state index >= 15 is 0 Å². The van der Waals surface area contributed by atoms with Crippen molar-refractivity contribution in [2.45, 2.75) is 38.3 Å². The third-order valence-corrected chi connectivity index (χ3v) is 3.04. The molecule has 17 heavy (non-hydrogen) atoms. The number of cyclic esters (lactones) is 1. The van der Waals surface area contributed by atoms with E-state index in [1.54, 1.807) is 26.8 Å². The van der Waals surface area contributed by atoms with Gasteiger partial charge < -0.3 is 9.47 Å². The predicted molar refractivity (Wildman–Crippen MR) is 60.5 cm³/mol. The van der Waals surface area contributed by atoms with Gasteiger partial charge in [0.2, 0.25) is 0 Å². The van der Waals surface area contributed by atoms with Crippen molar-refractivity contribution in [3.05, 3.63) is 12.7 Å². The summed E-state index contributed by atoms with van der Waals surface area (Å²) in [7, 11) is 0. The molecule has 2 amide bonds. The van der Waals surface area contributed by atoms with Crippen LogP contribution in [-0.4, -0.2) is 34.8 Å². The molecule has 1 saturated carbocycles. The zero-order valence-electron chi connectivity index (χ0n) is 10.4. The normalized spacial score (nSPS) is 31.4. The van der Waals surface area contributed by atoms with Crippen LogP contribution in [0.5, 0.6) is 0 Å². The van der Waals surface area contributed by atoms with Gasteiger partial charge in [-0.05, 0) is 27.2 Å². The molecule has 0 aromatic heterocycles. The molecule has 0 aromatic carbocycles. The van der Waals surface area contributed by atoms with Gasteiger partial charge in [0.1, 0.15) is 12.2 Å². The van der Waals surface area contributed by atoms with Crippen molar-refractivity contribution in [2.24, 2.45) is 5.92 Å². The fourth-order valence-corrected chi connectivity index (χ4v) is 2.11. The number of rotatable bonds is 1. The lowest BCUT2D eigenvalue weighted by Gasteiger charge is -2.25. The first kappa shape index (κ1) is 12.0. The smallest absolute Gasteiger partial charge is 0.420 e. The minimum atomic E-state index is -0.635. The highest BCUT2D eigenvalue weighted by molar-refractivity contribution is 5.91. The van der Waals surface area contributed by atoms with Crippen LogP contribution in [0.25, 0.3) is 0 Å². The highest BCUT2D eigenvalue weighted by atomic mass is 16.6. The second-order valence-corrected chi connectivity index (χ2v) is 5.52. The van der Waals surface area contributed by atoms with E-state index in [4.69, 9.17) is 9.47 Å². The van der Waals surface area contributed by atoms with Gasteiger partial charge in [-0.2, -0.15) is 0 Å². The number of amides is 2. The average Bonchev–Trinajstić information content (AvgIpc) is 2.76. The monoisotopic (exact) mass is 239 g/mol. The number of ether oxygens (including phenoxy) is 2. The van der Waals surface area contributed by atoms with Crippen molar-refractivity contribution < 1.29 is 19.1 Å². The fourth-order valence-electron chi connectivity index (χ4n) is 2.11. The van der Waals surface area contributed by atoms with E-state index in [1.807, 2.05) is 0 Å². The summed E-state index contributed by atoms with van der Waals surface area (Å²) < 4.78 is 10.2. The van der Waals surface area contributed by atoms with Crippen molar-refractivity contribution >= 4 is 12.2 Å². The molecule has 1 saturated heterocycles. The first-order valence-electron chi connectivity index (χ1n) is 5.63. The molecule has 0 N–H and O–H groups in total. The van der Waals surface area contributed by atoms with Crippen LogP contribution in [0.2, 0.25) is 0 Å². The van der Waals surface area contributed by atoms with Gasteiger partial charge in [0.15, 0.2) is 0 Å². The Labute approximate surface area is 100 Å². The molecule has 2 fully saturated rings. The maximum Gasteiger partial charge on any atom is 0.420 e. The zero-order valence-corrected chi connectivity index (χ0v) is 10.4. The lowest BCUT2D eigenvalue weighted by molar-refractivity contribution is 0.0270. The summed E-state index contributed by atoms with van der Waals surface area (Å²) in [6, 6.07) is 0. The molecule has 0 radical (unpaired) electrons. The maximum atomic E-state index is 12.0. The molecule has 1 aliphatic carbocycles. The van der Waals surface area contributed by atoms with Gasteiger partial charge in [-0.1, -0.05) is 6.08 Å². The molecule has 1 aliphatic heterocycles. The van der Waals surface area contributed by atoms with E-state index in [2.05, 4.69) is 6.58 Å². The summed E-state index contributed by atoms with van der Waals surface area (Å²) in [5.74, 6) is 0.112. The molecule has 1 heterocycles. The van der Waals surface area contributed by atoms with Gasteiger partial charge in [-0.15, -0.1) is 6.58 Å². The Balaban J connectivity index is 2.16. The maximum absolute atomic E-state index is 12.0. The summed E-state index contributed by atoms with van der Waals surface area (Å²) >= 11 is 0. The van der Waals surface area contributed by atoms with Crippen LogP contribution in [-0.2, 0) is 9.47 Å². The number of imide groups is 1. The molecule has 2 rings (SSSR count). The van der Waals surface area contributed by atoms with E-state index in [-0.39, 0.29) is 12.5 Å². The van der Waals surface area contributed by atoms with Crippen LogP contribution in [0.3, 0.4) is 0 Å². The molecule has 0 unspecified atom stereocenters. The summed E-state index contributed by atoms with van der Waals surface area (Å²) in [6.07, 6.45) is 1.20. The Kier molecular flexibility index (Phi) is 2.45. The van der Waals surface area contributed by atoms with Gasteiger partial charge in [-0.3, -0.25) is 0 Å². The van der Waals surface area contributed by atoms with Crippen LogP contribution in [0, 0.1) is 5.92 Å². The van der Waals surface area contributed by atoms with Crippen LogP contribution in [0.1, 0.15) is 27.2 Å². The van der Waals surface area contributed by atoms with Gasteiger partial charge in [-0.25, -0.2) is 14.5 Å². The van der Waals surface area contributed by atoms with E-state index in [0.717, 1.165) is 4.90 Å². The van der Waals surface area contributed by atoms with Crippen molar-refractivity contribution in [1.29, 1.82) is 0 Å². The highest BCUT2D eigenvalue weighted by Gasteiger charge is 2.66. The molecule has 2 atom stereocenters. The summed E-state index contributed by atoms with van der Waals surface area (Å²) in [6.45, 7) is 9.21. The minimum Gasteiger partial charge on any atom is -0.446 e. The largest absolute Gasteiger partial charge is 0.446 e. The number of hydrogen-bond donors (Lipinski definition) is 0. The summed E-state index contributed by atoms with van der Waals surface area (Å²) in [5, 5.41) is 0. The first-order chi connectivity index (χ1) is 7.80. The third-order valence-electron chi connectivity index (χ3n) is 3.04. The Morgan fingerprint density at radius 2 is 2.29 bits per heavy atom. The number of nitrogens with zero attached hydrogens (tertiary/aromatic N) is 1. The van der Waals surface area contributed by atoms with Crippen molar-refractivity contribution in [3.8, 4) is 0 Å². The molecule has 5 heteroatoms. The lowest BCUT2D eigenvalue weighted by atomic mass is 10.2. The molecular weight excluding hydrogens is 222 g/mol. The highest BCUT2D eigenvalue weighted by Crippen LogP contribution is 2.52. The summed E-state index contributed by atoms with van der Waals surface area (Å²) in [5.41, 5.74) is -1.17. The van der Waals surface area contributed by atoms with Gasteiger partial charge in [0, 0.05) is 5.92 Å². The van der Waals surface area contributed by atoms with Crippen molar-refractivity contribution in [3.63, 3.8) is 0 Å². The van der Waals surface area contributed by atoms with E-state index < -0.39 is 23.3 Å². The summed E-state index contributed by atoms with van der Waals surface area (Å²) in [4.78, 5) is 24.6. The first-order valence-corrected chi connectivity index (χ1v) is 5.63. The van der Waals surface area contributed by atoms with E-state index in [0.29, 0.717) is 6.42 Å². The Bertz CT molecular complexity index is 384. The molecule has 0 aromatic rings. The van der Waals surface area contributed by atoms with E-state index in [9.17, 15) is 9.59 Å². The van der Waals surface area contributed by atoms with Gasteiger partial charge >= 0.3 is 12.2 Å². The minimum absolute atomic E-state index is 0.112. The second-order valence-electron chi connectivity index (χ2n) is 5.52. The van der Waals surface area contributed by atoms with Crippen LogP contribution < -0.4 is 0 Å². The fraction of sp³-hybridized carbons (Fsp3) is 0.667. The lowest BCUT2D eigenvalue weighted by Crippen LogP contribution is -2.44. The van der Waals surface area contributed by atoms with Crippen LogP contribution >= 0.6 is 0 Å². The molecule has 94 valence electrons. The quantitative estimate of drug-likeness (QED) is 0.659. The zero-order chi connectivity index (χ0) is 12.8. The topological polar surface area (TPSA) is 55.8 Å². The van der Waals surface area contributed by atoms with Crippen molar-refractivity contribution in [1.82, 2.24) is 4.90 Å². The third kappa shape index (κ3) is 1.90. The molecule has 0 bridgehead atoms. The molecule has 1 spiro atoms. The van der Waals surface area contributed by atoms with Gasteiger partial charge in [0.05, 0.1) is 5.54 Å². The van der Waals surface area contributed by atoms with Crippen molar-refractivity contribution in [2.75, 3.05) is 6.61 Å². The number of carbonyl (C=O) groups excluding carboxylic acids is 2. The second kappa shape index (κ2) is 3.48. The number of carbonyl (C=O) groups is 2. The predicted octanol–water partition coefficient (Wildman–Crippen LogP) is 2.32. The van der Waals surface area contributed by atoms with Crippen LogP contribution in [0.15, 0.2) is 12.7 Å². The van der Waals surface area contributed by atoms with E-state index in [1.165, 1.54) is 0 Å². The van der Waals surface area contributed by atoms with Crippen LogP contribution in [0.4, 0.5) is 9.59 Å². The standard InChI is InChI=1S/C12H17NO4/c1-5-8-6-12(8)7-16-9(14)13(12)10(15)17-11(2,3)4/h5,8H,1,6-7H2,2-4H3/t8-,12-/m1/s1. The Morgan fingerprint density at radius 1 is 1.65 bits per heavy atom. The average molecular weight is 239 g/mol. The molecule has 5 nitrogen and oxygen atoms in total. The number of hydrogen-bond acceptors (Lipinski definition) is 4. The van der Waals surface area contributed by atoms with Gasteiger partial charge in [0.25, 0.3) is 0 Å².